The fourth-order valence-corrected chi connectivity index (χ4v) is 2.34. The van der Waals surface area contributed by atoms with Gasteiger partial charge in [-0.1, -0.05) is 20.8 Å². The Morgan fingerprint density at radius 1 is 1.47 bits per heavy atom. The van der Waals surface area contributed by atoms with Gasteiger partial charge in [-0.05, 0) is 25.4 Å². The van der Waals surface area contributed by atoms with Crippen LogP contribution in [0.15, 0.2) is 0 Å². The van der Waals surface area contributed by atoms with Gasteiger partial charge in [0.1, 0.15) is 12.7 Å². The summed E-state index contributed by atoms with van der Waals surface area (Å²) in [4.78, 5) is 11.8. The maximum atomic E-state index is 11.8. The molecule has 0 amide bonds. The molecule has 2 unspecified atom stereocenters. The summed E-state index contributed by atoms with van der Waals surface area (Å²) < 4.78 is 17.0. The number of rotatable bonds is 3. The van der Waals surface area contributed by atoms with Crippen molar-refractivity contribution in [2.75, 3.05) is 13.2 Å². The molecular weight excluding hydrogens is 236 g/mol. The summed E-state index contributed by atoms with van der Waals surface area (Å²) in [5.74, 6) is -0.778. The van der Waals surface area contributed by atoms with Crippen LogP contribution in [-0.2, 0) is 18.7 Å². The Balaban J connectivity index is 2.69. The fraction of sp³-hybridized carbons (Fsp3) is 0.917. The number of Topliss-reactive ketones (excluding diaryl/α,β-unsaturated/α-hetero) is 1. The molecule has 0 spiro atoms. The Hall–Kier alpha value is -0.233. The molecule has 0 saturated carbocycles. The molecule has 1 aliphatic rings. The standard InChI is InChI=1S/C12H24O4Si/c1-11(2,3)10-9(13)7-14-12(4,16-10)8-15-17(5)6/h10,17H,7-8H2,1-6H3. The first-order valence-electron chi connectivity index (χ1n) is 6.10. The summed E-state index contributed by atoms with van der Waals surface area (Å²) in [5, 5.41) is 0. The molecular formula is C12H24O4Si. The van der Waals surface area contributed by atoms with E-state index in [1.807, 2.05) is 27.7 Å². The molecule has 0 bridgehead atoms. The highest BCUT2D eigenvalue weighted by atomic mass is 28.3. The SMILES string of the molecule is C[SiH](C)OCC1(C)OCC(=O)C(C(C)(C)C)O1. The number of hydrogen-bond donors (Lipinski definition) is 0. The number of ketones is 1. The van der Waals surface area contributed by atoms with Crippen molar-refractivity contribution in [2.24, 2.45) is 5.41 Å². The first-order valence-corrected chi connectivity index (χ1v) is 8.88. The van der Waals surface area contributed by atoms with Crippen LogP contribution in [0.5, 0.6) is 0 Å². The summed E-state index contributed by atoms with van der Waals surface area (Å²) in [7, 11) is -1.11. The summed E-state index contributed by atoms with van der Waals surface area (Å²) in [6, 6.07) is 0. The van der Waals surface area contributed by atoms with Crippen molar-refractivity contribution in [3.63, 3.8) is 0 Å². The lowest BCUT2D eigenvalue weighted by molar-refractivity contribution is -0.290. The number of hydrogen-bond acceptors (Lipinski definition) is 4. The first kappa shape index (κ1) is 14.8. The highest BCUT2D eigenvalue weighted by molar-refractivity contribution is 6.48. The zero-order valence-electron chi connectivity index (χ0n) is 11.7. The van der Waals surface area contributed by atoms with E-state index in [2.05, 4.69) is 13.1 Å². The van der Waals surface area contributed by atoms with E-state index < -0.39 is 20.9 Å². The minimum atomic E-state index is -1.11. The smallest absolute Gasteiger partial charge is 0.189 e. The van der Waals surface area contributed by atoms with E-state index in [1.54, 1.807) is 0 Å². The quantitative estimate of drug-likeness (QED) is 0.725. The normalized spacial score (nSPS) is 31.0. The Bertz CT molecular complexity index is 285. The van der Waals surface area contributed by atoms with Gasteiger partial charge in [0, 0.05) is 0 Å². The number of carbonyl (C=O) groups is 1. The highest BCUT2D eigenvalue weighted by Gasteiger charge is 2.44. The molecule has 17 heavy (non-hydrogen) atoms. The van der Waals surface area contributed by atoms with Gasteiger partial charge in [-0.25, -0.2) is 0 Å². The van der Waals surface area contributed by atoms with Gasteiger partial charge in [0.2, 0.25) is 0 Å². The predicted molar refractivity (Wildman–Crippen MR) is 68.5 cm³/mol. The Morgan fingerprint density at radius 2 is 2.06 bits per heavy atom. The van der Waals surface area contributed by atoms with Crippen molar-refractivity contribution in [1.29, 1.82) is 0 Å². The monoisotopic (exact) mass is 260 g/mol. The van der Waals surface area contributed by atoms with Crippen molar-refractivity contribution < 1.29 is 18.7 Å². The van der Waals surface area contributed by atoms with E-state index in [0.29, 0.717) is 6.61 Å². The molecule has 100 valence electrons. The lowest BCUT2D eigenvalue weighted by Crippen LogP contribution is -2.55. The molecule has 0 aromatic carbocycles. The molecule has 1 rings (SSSR count). The van der Waals surface area contributed by atoms with Gasteiger partial charge >= 0.3 is 0 Å². The largest absolute Gasteiger partial charge is 0.415 e. The van der Waals surface area contributed by atoms with E-state index in [9.17, 15) is 4.79 Å². The maximum absolute atomic E-state index is 11.8. The number of carbonyl (C=O) groups excluding carboxylic acids is 1. The van der Waals surface area contributed by atoms with Gasteiger partial charge in [-0.15, -0.1) is 0 Å². The number of ether oxygens (including phenoxy) is 2. The predicted octanol–water partition coefficient (Wildman–Crippen LogP) is 1.73. The van der Waals surface area contributed by atoms with Gasteiger partial charge in [0.05, 0.1) is 6.61 Å². The van der Waals surface area contributed by atoms with Crippen LogP contribution >= 0.6 is 0 Å². The second-order valence-electron chi connectivity index (χ2n) is 6.11. The topological polar surface area (TPSA) is 44.8 Å². The summed E-state index contributed by atoms with van der Waals surface area (Å²) in [6.45, 7) is 12.5. The van der Waals surface area contributed by atoms with Gasteiger partial charge in [-0.2, -0.15) is 0 Å². The molecule has 0 aliphatic carbocycles. The molecule has 1 saturated heterocycles. The molecule has 0 aromatic rings. The van der Waals surface area contributed by atoms with Crippen LogP contribution in [0.4, 0.5) is 0 Å². The van der Waals surface area contributed by atoms with E-state index >= 15 is 0 Å². The Morgan fingerprint density at radius 3 is 2.53 bits per heavy atom. The minimum absolute atomic E-state index is 0.0109. The van der Waals surface area contributed by atoms with Crippen molar-refractivity contribution >= 4 is 14.8 Å². The molecule has 0 N–H and O–H groups in total. The fourth-order valence-electron chi connectivity index (χ4n) is 1.70. The molecule has 4 nitrogen and oxygen atoms in total. The summed E-state index contributed by atoms with van der Waals surface area (Å²) >= 11 is 0. The van der Waals surface area contributed by atoms with Crippen LogP contribution in [0.1, 0.15) is 27.7 Å². The molecule has 0 radical (unpaired) electrons. The zero-order valence-corrected chi connectivity index (χ0v) is 12.9. The van der Waals surface area contributed by atoms with Crippen molar-refractivity contribution in [1.82, 2.24) is 0 Å². The average Bonchev–Trinajstić information content (AvgIpc) is 2.18. The second kappa shape index (κ2) is 5.18. The molecule has 0 aromatic heterocycles. The first-order chi connectivity index (χ1) is 7.64. The molecule has 1 aliphatic heterocycles. The minimum Gasteiger partial charge on any atom is -0.415 e. The lowest BCUT2D eigenvalue weighted by atomic mass is 9.86. The van der Waals surface area contributed by atoms with Crippen molar-refractivity contribution in [3.05, 3.63) is 0 Å². The van der Waals surface area contributed by atoms with Crippen LogP contribution in [0.3, 0.4) is 0 Å². The van der Waals surface area contributed by atoms with Crippen LogP contribution in [0, 0.1) is 5.41 Å². The Kier molecular flexibility index (Phi) is 4.52. The Labute approximate surface area is 105 Å². The van der Waals surface area contributed by atoms with Gasteiger partial charge in [0.25, 0.3) is 0 Å². The van der Waals surface area contributed by atoms with Crippen LogP contribution in [-0.4, -0.2) is 39.9 Å². The molecule has 1 heterocycles. The third-order valence-electron chi connectivity index (χ3n) is 2.64. The molecule has 5 heteroatoms. The third kappa shape index (κ3) is 4.17. The van der Waals surface area contributed by atoms with Gasteiger partial charge in [0.15, 0.2) is 20.6 Å². The van der Waals surface area contributed by atoms with Gasteiger partial charge < -0.3 is 13.9 Å². The summed E-state index contributed by atoms with van der Waals surface area (Å²) in [6.07, 6.45) is -0.418. The third-order valence-corrected chi connectivity index (χ3v) is 3.48. The van der Waals surface area contributed by atoms with E-state index in [1.165, 1.54) is 0 Å². The lowest BCUT2D eigenvalue weighted by Gasteiger charge is -2.42. The second-order valence-corrected chi connectivity index (χ2v) is 8.54. The zero-order chi connectivity index (χ0) is 13.3. The summed E-state index contributed by atoms with van der Waals surface area (Å²) in [5.41, 5.74) is -0.211. The van der Waals surface area contributed by atoms with Crippen LogP contribution in [0.2, 0.25) is 13.1 Å². The average molecular weight is 260 g/mol. The van der Waals surface area contributed by atoms with E-state index in [4.69, 9.17) is 13.9 Å². The van der Waals surface area contributed by atoms with Crippen LogP contribution in [0.25, 0.3) is 0 Å². The maximum Gasteiger partial charge on any atom is 0.189 e. The van der Waals surface area contributed by atoms with Crippen molar-refractivity contribution in [3.8, 4) is 0 Å². The molecule has 1 fully saturated rings. The molecule has 2 atom stereocenters. The van der Waals surface area contributed by atoms with Gasteiger partial charge in [-0.3, -0.25) is 4.79 Å². The van der Waals surface area contributed by atoms with E-state index in [-0.39, 0.29) is 17.8 Å². The van der Waals surface area contributed by atoms with Crippen molar-refractivity contribution in [2.45, 2.75) is 52.7 Å². The highest BCUT2D eigenvalue weighted by Crippen LogP contribution is 2.31. The van der Waals surface area contributed by atoms with Crippen LogP contribution < -0.4 is 0 Å². The van der Waals surface area contributed by atoms with E-state index in [0.717, 1.165) is 0 Å².